The van der Waals surface area contributed by atoms with Crippen LogP contribution in [0, 0.1) is 10.1 Å². The maximum atomic E-state index is 11.1. The van der Waals surface area contributed by atoms with Gasteiger partial charge in [0.1, 0.15) is 5.69 Å². The van der Waals surface area contributed by atoms with E-state index in [1.54, 1.807) is 0 Å². The Morgan fingerprint density at radius 3 is 2.58 bits per heavy atom. The minimum atomic E-state index is -0.686. The molecular formula is C17H20N4O3. The second-order valence-corrected chi connectivity index (χ2v) is 5.39. The molecule has 0 unspecified atom stereocenters. The van der Waals surface area contributed by atoms with Crippen LogP contribution in [0.3, 0.4) is 0 Å². The minimum Gasteiger partial charge on any atom is -0.379 e. The van der Waals surface area contributed by atoms with Crippen LogP contribution in [0.25, 0.3) is 0 Å². The molecule has 0 spiro atoms. The number of benzene rings is 2. The van der Waals surface area contributed by atoms with Crippen molar-refractivity contribution in [2.24, 2.45) is 5.73 Å². The number of amides is 1. The average molecular weight is 328 g/mol. The lowest BCUT2D eigenvalue weighted by Gasteiger charge is -2.19. The monoisotopic (exact) mass is 328 g/mol. The highest BCUT2D eigenvalue weighted by molar-refractivity contribution is 5.94. The highest BCUT2D eigenvalue weighted by Gasteiger charge is 2.16. The Morgan fingerprint density at radius 2 is 1.96 bits per heavy atom. The molecule has 0 atom stereocenters. The van der Waals surface area contributed by atoms with Crippen molar-refractivity contribution in [3.8, 4) is 0 Å². The van der Waals surface area contributed by atoms with Crippen LogP contribution in [-0.2, 0) is 0 Å². The molecule has 0 bridgehead atoms. The zero-order valence-corrected chi connectivity index (χ0v) is 13.4. The van der Waals surface area contributed by atoms with Gasteiger partial charge in [-0.25, -0.2) is 0 Å². The highest BCUT2D eigenvalue weighted by Crippen LogP contribution is 2.25. The summed E-state index contributed by atoms with van der Waals surface area (Å²) in [5, 5.41) is 14.2. The summed E-state index contributed by atoms with van der Waals surface area (Å²) in [5.41, 5.74) is 6.63. The molecule has 0 aliphatic rings. The van der Waals surface area contributed by atoms with Crippen LogP contribution in [0.4, 0.5) is 17.1 Å². The molecule has 24 heavy (non-hydrogen) atoms. The molecular weight excluding hydrogens is 308 g/mol. The number of para-hydroxylation sites is 1. The summed E-state index contributed by atoms with van der Waals surface area (Å²) in [5.74, 6) is -0.686. The lowest BCUT2D eigenvalue weighted by atomic mass is 10.1. The van der Waals surface area contributed by atoms with Crippen LogP contribution in [0.1, 0.15) is 16.8 Å². The van der Waals surface area contributed by atoms with E-state index in [2.05, 4.69) is 10.2 Å². The van der Waals surface area contributed by atoms with Crippen molar-refractivity contribution in [2.75, 3.05) is 30.4 Å². The highest BCUT2D eigenvalue weighted by atomic mass is 16.6. The van der Waals surface area contributed by atoms with Crippen molar-refractivity contribution < 1.29 is 9.72 Å². The Bertz CT molecular complexity index is 719. The first kappa shape index (κ1) is 17.3. The zero-order valence-electron chi connectivity index (χ0n) is 13.4. The molecule has 0 radical (unpaired) electrons. The molecule has 0 fully saturated rings. The largest absolute Gasteiger partial charge is 0.379 e. The smallest absolute Gasteiger partial charge is 0.293 e. The fourth-order valence-corrected chi connectivity index (χ4v) is 2.34. The number of nitrogens with two attached hydrogens (primary N) is 1. The van der Waals surface area contributed by atoms with Gasteiger partial charge in [0, 0.05) is 37.5 Å². The molecule has 1 amide bonds. The van der Waals surface area contributed by atoms with Crippen molar-refractivity contribution in [1.82, 2.24) is 0 Å². The van der Waals surface area contributed by atoms with Crippen LogP contribution in [-0.4, -0.2) is 31.0 Å². The number of nitro groups is 1. The Labute approximate surface area is 140 Å². The molecule has 0 saturated carbocycles. The SMILES string of the molecule is CN(CCCNc1ccc(C(N)=O)cc1[N+](=O)[O-])c1ccccc1. The number of carbonyl (C=O) groups excluding carboxylic acids is 1. The topological polar surface area (TPSA) is 102 Å². The van der Waals surface area contributed by atoms with E-state index < -0.39 is 10.8 Å². The van der Waals surface area contributed by atoms with E-state index >= 15 is 0 Å². The number of hydrogen-bond acceptors (Lipinski definition) is 5. The second kappa shape index (κ2) is 7.96. The summed E-state index contributed by atoms with van der Waals surface area (Å²) < 4.78 is 0. The van der Waals surface area contributed by atoms with Gasteiger partial charge < -0.3 is 16.0 Å². The summed E-state index contributed by atoms with van der Waals surface area (Å²) >= 11 is 0. The Kier molecular flexibility index (Phi) is 5.73. The van der Waals surface area contributed by atoms with Gasteiger partial charge in [0.15, 0.2) is 0 Å². The fourth-order valence-electron chi connectivity index (χ4n) is 2.34. The van der Waals surface area contributed by atoms with Crippen molar-refractivity contribution in [2.45, 2.75) is 6.42 Å². The van der Waals surface area contributed by atoms with Crippen LogP contribution in [0.2, 0.25) is 0 Å². The van der Waals surface area contributed by atoms with Crippen molar-refractivity contribution in [1.29, 1.82) is 0 Å². The number of anilines is 2. The van der Waals surface area contributed by atoms with Gasteiger partial charge in [-0.1, -0.05) is 18.2 Å². The number of carbonyl (C=O) groups is 1. The van der Waals surface area contributed by atoms with Crippen molar-refractivity contribution in [3.63, 3.8) is 0 Å². The maximum absolute atomic E-state index is 11.1. The fraction of sp³-hybridized carbons (Fsp3) is 0.235. The molecule has 7 nitrogen and oxygen atoms in total. The van der Waals surface area contributed by atoms with Crippen molar-refractivity contribution >= 4 is 23.0 Å². The first-order valence-electron chi connectivity index (χ1n) is 7.57. The van der Waals surface area contributed by atoms with E-state index in [1.807, 2.05) is 37.4 Å². The average Bonchev–Trinajstić information content (AvgIpc) is 2.59. The van der Waals surface area contributed by atoms with Crippen LogP contribution in [0.5, 0.6) is 0 Å². The minimum absolute atomic E-state index is 0.121. The molecule has 0 aliphatic carbocycles. The molecule has 7 heteroatoms. The summed E-state index contributed by atoms with van der Waals surface area (Å²) in [6.45, 7) is 1.39. The molecule has 2 rings (SSSR count). The zero-order chi connectivity index (χ0) is 17.5. The van der Waals surface area contributed by atoms with Crippen LogP contribution in [0.15, 0.2) is 48.5 Å². The molecule has 0 heterocycles. The van der Waals surface area contributed by atoms with E-state index in [0.717, 1.165) is 18.7 Å². The van der Waals surface area contributed by atoms with E-state index in [4.69, 9.17) is 5.73 Å². The standard InChI is InChI=1S/C17H20N4O3/c1-20(14-6-3-2-4-7-14)11-5-10-19-15-9-8-13(17(18)22)12-16(15)21(23)24/h2-4,6-9,12,19H,5,10-11H2,1H3,(H2,18,22). The van der Waals surface area contributed by atoms with Gasteiger partial charge in [0.05, 0.1) is 4.92 Å². The molecule has 0 saturated heterocycles. The van der Waals surface area contributed by atoms with Gasteiger partial charge in [-0.15, -0.1) is 0 Å². The predicted octanol–water partition coefficient (Wildman–Crippen LogP) is 2.63. The summed E-state index contributed by atoms with van der Waals surface area (Å²) in [4.78, 5) is 23.9. The summed E-state index contributed by atoms with van der Waals surface area (Å²) in [6, 6.07) is 14.2. The number of primary amides is 1. The molecule has 126 valence electrons. The first-order chi connectivity index (χ1) is 11.5. The lowest BCUT2D eigenvalue weighted by molar-refractivity contribution is -0.384. The van der Waals surface area contributed by atoms with E-state index in [9.17, 15) is 14.9 Å². The third kappa shape index (κ3) is 4.45. The molecule has 2 aromatic rings. The van der Waals surface area contributed by atoms with Gasteiger partial charge in [-0.2, -0.15) is 0 Å². The number of hydrogen-bond donors (Lipinski definition) is 2. The Morgan fingerprint density at radius 1 is 1.25 bits per heavy atom. The molecule has 2 aromatic carbocycles. The maximum Gasteiger partial charge on any atom is 0.293 e. The number of nitrogens with zero attached hydrogens (tertiary/aromatic N) is 2. The second-order valence-electron chi connectivity index (χ2n) is 5.39. The third-order valence-corrected chi connectivity index (χ3v) is 3.66. The predicted molar refractivity (Wildman–Crippen MR) is 94.4 cm³/mol. The number of rotatable bonds is 8. The summed E-state index contributed by atoms with van der Waals surface area (Å²) in [6.07, 6.45) is 0.806. The normalized spacial score (nSPS) is 10.2. The Balaban J connectivity index is 1.92. The van der Waals surface area contributed by atoms with Gasteiger partial charge in [-0.05, 0) is 30.7 Å². The molecule has 3 N–H and O–H groups in total. The van der Waals surface area contributed by atoms with Crippen LogP contribution < -0.4 is 16.0 Å². The summed E-state index contributed by atoms with van der Waals surface area (Å²) in [7, 11) is 2.00. The van der Waals surface area contributed by atoms with Crippen LogP contribution >= 0.6 is 0 Å². The van der Waals surface area contributed by atoms with Gasteiger partial charge in [0.25, 0.3) is 5.69 Å². The van der Waals surface area contributed by atoms with E-state index in [0.29, 0.717) is 12.2 Å². The lowest BCUT2D eigenvalue weighted by Crippen LogP contribution is -2.20. The van der Waals surface area contributed by atoms with Crippen molar-refractivity contribution in [3.05, 3.63) is 64.2 Å². The third-order valence-electron chi connectivity index (χ3n) is 3.66. The number of nitro benzene ring substituents is 1. The van der Waals surface area contributed by atoms with Gasteiger partial charge in [-0.3, -0.25) is 14.9 Å². The first-order valence-corrected chi connectivity index (χ1v) is 7.57. The van der Waals surface area contributed by atoms with E-state index in [-0.39, 0.29) is 11.3 Å². The quantitative estimate of drug-likeness (QED) is 0.440. The van der Waals surface area contributed by atoms with Gasteiger partial charge >= 0.3 is 0 Å². The number of nitrogens with one attached hydrogen (secondary N) is 1. The Hall–Kier alpha value is -3.09. The molecule has 0 aromatic heterocycles. The molecule has 0 aliphatic heterocycles. The van der Waals surface area contributed by atoms with Gasteiger partial charge in [0.2, 0.25) is 5.91 Å². The van der Waals surface area contributed by atoms with E-state index in [1.165, 1.54) is 18.2 Å².